The Morgan fingerprint density at radius 3 is 2.24 bits per heavy atom. The van der Waals surface area contributed by atoms with E-state index in [1.54, 1.807) is 0 Å². The van der Waals surface area contributed by atoms with E-state index in [2.05, 4.69) is 13.8 Å². The maximum atomic E-state index is 10.7. The lowest BCUT2D eigenvalue weighted by molar-refractivity contribution is 0.0662. The molecular weight excluding hydrogens is 264 g/mol. The van der Waals surface area contributed by atoms with Crippen LogP contribution in [-0.4, -0.2) is 18.3 Å². The van der Waals surface area contributed by atoms with Gasteiger partial charge < -0.3 is 14.6 Å². The van der Waals surface area contributed by atoms with Gasteiger partial charge in [0.1, 0.15) is 13.2 Å². The number of benzene rings is 1. The Morgan fingerprint density at radius 1 is 0.952 bits per heavy atom. The van der Waals surface area contributed by atoms with Gasteiger partial charge in [-0.1, -0.05) is 19.9 Å². The fourth-order valence-corrected chi connectivity index (χ4v) is 3.64. The Kier molecular flexibility index (Phi) is 4.39. The molecule has 2 aliphatic rings. The first kappa shape index (κ1) is 14.7. The van der Waals surface area contributed by atoms with E-state index in [1.807, 2.05) is 18.2 Å². The summed E-state index contributed by atoms with van der Waals surface area (Å²) in [4.78, 5) is 0. The van der Waals surface area contributed by atoms with E-state index in [9.17, 15) is 5.11 Å². The third-order valence-corrected chi connectivity index (χ3v) is 5.11. The van der Waals surface area contributed by atoms with E-state index in [0.29, 0.717) is 19.1 Å². The van der Waals surface area contributed by atoms with Gasteiger partial charge in [0, 0.05) is 0 Å². The molecule has 1 aromatic rings. The van der Waals surface area contributed by atoms with Gasteiger partial charge >= 0.3 is 0 Å². The molecule has 0 aromatic heterocycles. The minimum absolute atomic E-state index is 0.377. The molecule has 1 aromatic carbocycles. The number of aliphatic hydroxyl groups excluding tert-OH is 1. The second kappa shape index (κ2) is 6.27. The second-order valence-corrected chi connectivity index (χ2v) is 6.77. The van der Waals surface area contributed by atoms with E-state index >= 15 is 0 Å². The summed E-state index contributed by atoms with van der Waals surface area (Å²) in [6.07, 6.45) is 4.35. The van der Waals surface area contributed by atoms with E-state index in [0.717, 1.165) is 41.7 Å². The summed E-state index contributed by atoms with van der Waals surface area (Å²) in [5.41, 5.74) is 0.965. The van der Waals surface area contributed by atoms with Crippen LogP contribution in [0.3, 0.4) is 0 Å². The Hall–Kier alpha value is -1.22. The normalized spacial score (nSPS) is 26.7. The third kappa shape index (κ3) is 3.18. The average Bonchev–Trinajstić information content (AvgIpc) is 2.54. The highest BCUT2D eigenvalue weighted by molar-refractivity contribution is 5.44. The first-order valence-electron chi connectivity index (χ1n) is 8.22. The van der Waals surface area contributed by atoms with Gasteiger partial charge in [-0.05, 0) is 61.1 Å². The first-order chi connectivity index (χ1) is 10.1. The van der Waals surface area contributed by atoms with Gasteiger partial charge in [-0.25, -0.2) is 0 Å². The molecule has 1 unspecified atom stereocenters. The van der Waals surface area contributed by atoms with Crippen LogP contribution in [0.15, 0.2) is 18.2 Å². The monoisotopic (exact) mass is 290 g/mol. The SMILES string of the molecule is CC(C)C1CCC(C(O)c2ccc3c(c2)OCCO3)CC1. The number of aliphatic hydroxyl groups is 1. The van der Waals surface area contributed by atoms with Crippen molar-refractivity contribution in [3.8, 4) is 11.5 Å². The van der Waals surface area contributed by atoms with Gasteiger partial charge in [-0.15, -0.1) is 0 Å². The standard InChI is InChI=1S/C18H26O3/c1-12(2)13-3-5-14(6-4-13)18(19)15-7-8-16-17(11-15)21-10-9-20-16/h7-8,11-14,18-19H,3-6,9-10H2,1-2H3. The second-order valence-electron chi connectivity index (χ2n) is 6.77. The summed E-state index contributed by atoms with van der Waals surface area (Å²) in [5.74, 6) is 3.53. The van der Waals surface area contributed by atoms with E-state index in [1.165, 1.54) is 12.8 Å². The summed E-state index contributed by atoms with van der Waals surface area (Å²) in [7, 11) is 0. The fourth-order valence-electron chi connectivity index (χ4n) is 3.64. The van der Waals surface area contributed by atoms with Crippen LogP contribution in [0, 0.1) is 17.8 Å². The molecule has 0 radical (unpaired) electrons. The summed E-state index contributed by atoms with van der Waals surface area (Å²) in [6.45, 7) is 5.81. The predicted molar refractivity (Wildman–Crippen MR) is 82.7 cm³/mol. The maximum absolute atomic E-state index is 10.7. The van der Waals surface area contributed by atoms with Crippen LogP contribution in [0.5, 0.6) is 11.5 Å². The fraction of sp³-hybridized carbons (Fsp3) is 0.667. The van der Waals surface area contributed by atoms with Crippen LogP contribution >= 0.6 is 0 Å². The summed E-state index contributed by atoms with van der Waals surface area (Å²) < 4.78 is 11.2. The highest BCUT2D eigenvalue weighted by atomic mass is 16.6. The van der Waals surface area contributed by atoms with E-state index < -0.39 is 0 Å². The van der Waals surface area contributed by atoms with Crippen molar-refractivity contribution in [2.24, 2.45) is 17.8 Å². The zero-order chi connectivity index (χ0) is 14.8. The number of ether oxygens (including phenoxy) is 2. The molecule has 1 heterocycles. The van der Waals surface area contributed by atoms with Crippen molar-refractivity contribution in [1.82, 2.24) is 0 Å². The molecule has 3 rings (SSSR count). The van der Waals surface area contributed by atoms with Crippen molar-refractivity contribution in [1.29, 1.82) is 0 Å². The number of hydrogen-bond acceptors (Lipinski definition) is 3. The van der Waals surface area contributed by atoms with Gasteiger partial charge in [0.15, 0.2) is 11.5 Å². The minimum Gasteiger partial charge on any atom is -0.486 e. The molecule has 21 heavy (non-hydrogen) atoms. The average molecular weight is 290 g/mol. The summed E-state index contributed by atoms with van der Waals surface area (Å²) >= 11 is 0. The lowest BCUT2D eigenvalue weighted by atomic mass is 9.74. The van der Waals surface area contributed by atoms with Gasteiger partial charge in [-0.2, -0.15) is 0 Å². The van der Waals surface area contributed by atoms with Crippen molar-refractivity contribution in [3.63, 3.8) is 0 Å². The molecule has 3 heteroatoms. The molecule has 3 nitrogen and oxygen atoms in total. The van der Waals surface area contributed by atoms with Crippen molar-refractivity contribution in [2.45, 2.75) is 45.6 Å². The van der Waals surface area contributed by atoms with Gasteiger partial charge in [-0.3, -0.25) is 0 Å². The molecule has 0 spiro atoms. The predicted octanol–water partition coefficient (Wildman–Crippen LogP) is 3.95. The summed E-state index contributed by atoms with van der Waals surface area (Å²) in [5, 5.41) is 10.7. The number of fused-ring (bicyclic) bond motifs is 1. The molecule has 1 N–H and O–H groups in total. The van der Waals surface area contributed by atoms with Crippen LogP contribution in [0.25, 0.3) is 0 Å². The molecule has 1 fully saturated rings. The quantitative estimate of drug-likeness (QED) is 0.916. The van der Waals surface area contributed by atoms with Gasteiger partial charge in [0.2, 0.25) is 0 Å². The Bertz CT molecular complexity index is 475. The highest BCUT2D eigenvalue weighted by Gasteiger charge is 2.29. The minimum atomic E-state index is -0.381. The van der Waals surface area contributed by atoms with E-state index in [4.69, 9.17) is 9.47 Å². The largest absolute Gasteiger partial charge is 0.486 e. The molecular formula is C18H26O3. The molecule has 0 amide bonds. The van der Waals surface area contributed by atoms with E-state index in [-0.39, 0.29) is 6.10 Å². The van der Waals surface area contributed by atoms with Crippen molar-refractivity contribution >= 4 is 0 Å². The molecule has 1 atom stereocenters. The Morgan fingerprint density at radius 2 is 1.57 bits per heavy atom. The van der Waals surface area contributed by atoms with Crippen molar-refractivity contribution in [3.05, 3.63) is 23.8 Å². The molecule has 0 saturated heterocycles. The van der Waals surface area contributed by atoms with Gasteiger partial charge in [0.25, 0.3) is 0 Å². The molecule has 1 aliphatic heterocycles. The zero-order valence-electron chi connectivity index (χ0n) is 13.0. The van der Waals surface area contributed by atoms with Crippen LogP contribution in [0.4, 0.5) is 0 Å². The zero-order valence-corrected chi connectivity index (χ0v) is 13.0. The molecule has 1 saturated carbocycles. The van der Waals surface area contributed by atoms with Crippen molar-refractivity contribution in [2.75, 3.05) is 13.2 Å². The molecule has 116 valence electrons. The Labute approximate surface area is 127 Å². The lowest BCUT2D eigenvalue weighted by Gasteiger charge is -2.33. The molecule has 0 bridgehead atoms. The van der Waals surface area contributed by atoms with Crippen LogP contribution in [0.2, 0.25) is 0 Å². The summed E-state index contributed by atoms with van der Waals surface area (Å²) in [6, 6.07) is 5.85. The van der Waals surface area contributed by atoms with Gasteiger partial charge in [0.05, 0.1) is 6.10 Å². The third-order valence-electron chi connectivity index (χ3n) is 5.11. The maximum Gasteiger partial charge on any atom is 0.161 e. The van der Waals surface area contributed by atoms with Crippen molar-refractivity contribution < 1.29 is 14.6 Å². The Balaban J connectivity index is 1.67. The number of hydrogen-bond donors (Lipinski definition) is 1. The van der Waals surface area contributed by atoms with Crippen LogP contribution < -0.4 is 9.47 Å². The lowest BCUT2D eigenvalue weighted by Crippen LogP contribution is -2.23. The highest BCUT2D eigenvalue weighted by Crippen LogP contribution is 2.41. The van der Waals surface area contributed by atoms with Crippen LogP contribution in [-0.2, 0) is 0 Å². The number of rotatable bonds is 3. The smallest absolute Gasteiger partial charge is 0.161 e. The molecule has 1 aliphatic carbocycles. The van der Waals surface area contributed by atoms with Crippen LogP contribution in [0.1, 0.15) is 51.2 Å². The topological polar surface area (TPSA) is 38.7 Å². The first-order valence-corrected chi connectivity index (χ1v) is 8.22.